The largest absolute Gasteiger partial charge is 0.359 e. The molecule has 1 aliphatic heterocycles. The second kappa shape index (κ2) is 13.4. The van der Waals surface area contributed by atoms with Gasteiger partial charge in [-0.1, -0.05) is 182 Å². The van der Waals surface area contributed by atoms with E-state index in [0.717, 1.165) is 39.3 Å². The van der Waals surface area contributed by atoms with Crippen LogP contribution in [0.1, 0.15) is 22.7 Å². The van der Waals surface area contributed by atoms with Gasteiger partial charge < -0.3 is 9.72 Å². The first-order valence-electron chi connectivity index (χ1n) is 20.3. The molecule has 0 saturated heterocycles. The molecule has 3 nitrogen and oxygen atoms in total. The summed E-state index contributed by atoms with van der Waals surface area (Å²) in [6, 6.07) is 74.9. The number of aliphatic imine (C=N–C) groups is 1. The first-order chi connectivity index (χ1) is 29.3. The quantitative estimate of drug-likeness (QED) is 0.191. The number of hydrogen-bond acceptors (Lipinski definition) is 2. The van der Waals surface area contributed by atoms with Gasteiger partial charge in [0, 0.05) is 27.1 Å². The Hall–Kier alpha value is -7.75. The molecule has 0 spiro atoms. The monoisotopic (exact) mass is 751 g/mol. The summed E-state index contributed by atoms with van der Waals surface area (Å²) in [6.07, 6.45) is 2.26. The van der Waals surface area contributed by atoms with Crippen molar-refractivity contribution < 1.29 is 0 Å². The molecule has 1 unspecified atom stereocenters. The highest BCUT2D eigenvalue weighted by Crippen LogP contribution is 2.40. The number of rotatable bonds is 4. The number of amidine groups is 1. The average Bonchev–Trinajstić information content (AvgIpc) is 3.67. The summed E-state index contributed by atoms with van der Waals surface area (Å²) < 4.78 is 2.50. The number of para-hydroxylation sites is 2. The lowest BCUT2D eigenvalue weighted by molar-refractivity contribution is 0.787. The number of benzene rings is 9. The summed E-state index contributed by atoms with van der Waals surface area (Å²) in [6.45, 7) is 0. The lowest BCUT2D eigenvalue weighted by Crippen LogP contribution is -2.31. The molecule has 9 aromatic carbocycles. The topological polar surface area (TPSA) is 28.8 Å². The highest BCUT2D eigenvalue weighted by atomic mass is 15.0. The second-order valence-corrected chi connectivity index (χ2v) is 15.5. The molecule has 3 heteroatoms. The molecular formula is C56H37N3. The van der Waals surface area contributed by atoms with Crippen LogP contribution in [-0.4, -0.2) is 10.2 Å². The zero-order valence-electron chi connectivity index (χ0n) is 32.2. The van der Waals surface area contributed by atoms with Gasteiger partial charge in [0.2, 0.25) is 0 Å². The van der Waals surface area contributed by atoms with Crippen molar-refractivity contribution in [3.63, 3.8) is 0 Å². The molecule has 1 aliphatic rings. The summed E-state index contributed by atoms with van der Waals surface area (Å²) in [5.74, 6) is 0.855. The number of hydrogen-bond donors (Lipinski definition) is 1. The maximum absolute atomic E-state index is 5.30. The standard InChI is InChI=1S/C56H37N3/c1-2-16-37(17-3-1)51-35-52(46-27-13-18-36-15-4-5-21-41(36)46)58-56(57-51)40-20-12-19-38(33-40)39-31-32-54-50(34-39)45-25-9-7-23-43(45)42-22-6-8-24-44(42)48-28-14-29-49-47-26-10-11-30-53(47)59(54)55(48)49/h1-35,52H,(H,57,58). The molecule has 0 bridgehead atoms. The fourth-order valence-electron chi connectivity index (χ4n) is 9.51. The van der Waals surface area contributed by atoms with Crippen LogP contribution in [0.5, 0.6) is 0 Å². The van der Waals surface area contributed by atoms with E-state index in [1.165, 1.54) is 70.5 Å². The van der Waals surface area contributed by atoms with Crippen molar-refractivity contribution in [2.75, 3.05) is 0 Å². The van der Waals surface area contributed by atoms with Crippen LogP contribution >= 0.6 is 0 Å². The Labute approximate surface area is 341 Å². The highest BCUT2D eigenvalue weighted by molar-refractivity contribution is 6.25. The van der Waals surface area contributed by atoms with Crippen molar-refractivity contribution in [1.29, 1.82) is 0 Å². The molecule has 276 valence electrons. The smallest absolute Gasteiger partial charge is 0.134 e. The number of nitrogens with zero attached hydrogens (tertiary/aromatic N) is 2. The van der Waals surface area contributed by atoms with Crippen LogP contribution in [0.15, 0.2) is 217 Å². The van der Waals surface area contributed by atoms with Gasteiger partial charge in [-0.15, -0.1) is 0 Å². The fourth-order valence-corrected chi connectivity index (χ4v) is 9.51. The maximum atomic E-state index is 5.30. The first kappa shape index (κ1) is 33.4. The van der Waals surface area contributed by atoms with E-state index in [-0.39, 0.29) is 6.04 Å². The third-order valence-electron chi connectivity index (χ3n) is 12.2. The molecule has 0 radical (unpaired) electrons. The van der Waals surface area contributed by atoms with E-state index in [4.69, 9.17) is 4.99 Å². The van der Waals surface area contributed by atoms with Gasteiger partial charge in [-0.25, -0.2) is 4.99 Å². The molecular weight excluding hydrogens is 715 g/mol. The lowest BCUT2D eigenvalue weighted by Gasteiger charge is -2.25. The lowest BCUT2D eigenvalue weighted by atomic mass is 9.95. The van der Waals surface area contributed by atoms with E-state index in [9.17, 15) is 0 Å². The predicted molar refractivity (Wildman–Crippen MR) is 250 cm³/mol. The van der Waals surface area contributed by atoms with Crippen molar-refractivity contribution in [2.45, 2.75) is 6.04 Å². The molecule has 1 N–H and O–H groups in total. The van der Waals surface area contributed by atoms with Crippen LogP contribution in [0.25, 0.3) is 87.2 Å². The van der Waals surface area contributed by atoms with Gasteiger partial charge in [0.25, 0.3) is 0 Å². The Balaban J connectivity index is 1.09. The minimum atomic E-state index is -0.0664. The van der Waals surface area contributed by atoms with Crippen LogP contribution in [0.4, 0.5) is 0 Å². The van der Waals surface area contributed by atoms with Crippen LogP contribution in [-0.2, 0) is 0 Å². The minimum absolute atomic E-state index is 0.0664. The minimum Gasteiger partial charge on any atom is -0.359 e. The van der Waals surface area contributed by atoms with Crippen LogP contribution in [0.3, 0.4) is 0 Å². The molecule has 2 aromatic heterocycles. The molecule has 0 fully saturated rings. The summed E-state index contributed by atoms with van der Waals surface area (Å²) in [5, 5.41) is 16.2. The van der Waals surface area contributed by atoms with Gasteiger partial charge in [-0.05, 0) is 84.9 Å². The maximum Gasteiger partial charge on any atom is 0.134 e. The Morgan fingerprint density at radius 2 is 0.898 bits per heavy atom. The Morgan fingerprint density at radius 1 is 0.373 bits per heavy atom. The summed E-state index contributed by atoms with van der Waals surface area (Å²) in [5.41, 5.74) is 10.2. The second-order valence-electron chi connectivity index (χ2n) is 15.5. The van der Waals surface area contributed by atoms with Crippen molar-refractivity contribution in [3.8, 4) is 11.1 Å². The molecule has 3 heterocycles. The van der Waals surface area contributed by atoms with Crippen LogP contribution in [0, 0.1) is 0 Å². The Bertz CT molecular complexity index is 3590. The molecule has 1 atom stereocenters. The van der Waals surface area contributed by atoms with Gasteiger partial charge in [-0.2, -0.15) is 0 Å². The Morgan fingerprint density at radius 3 is 1.69 bits per heavy atom. The van der Waals surface area contributed by atoms with E-state index < -0.39 is 0 Å². The first-order valence-corrected chi connectivity index (χ1v) is 20.3. The highest BCUT2D eigenvalue weighted by Gasteiger charge is 2.22. The zero-order chi connectivity index (χ0) is 38.9. The van der Waals surface area contributed by atoms with Crippen molar-refractivity contribution >= 4 is 81.9 Å². The molecule has 0 aliphatic carbocycles. The molecule has 59 heavy (non-hydrogen) atoms. The van der Waals surface area contributed by atoms with E-state index >= 15 is 0 Å². The van der Waals surface area contributed by atoms with Crippen molar-refractivity contribution in [2.24, 2.45) is 4.99 Å². The van der Waals surface area contributed by atoms with Gasteiger partial charge in [0.05, 0.1) is 28.3 Å². The summed E-state index contributed by atoms with van der Waals surface area (Å²) in [7, 11) is 0. The van der Waals surface area contributed by atoms with Crippen molar-refractivity contribution in [3.05, 3.63) is 229 Å². The number of nitrogens with one attached hydrogen (secondary N) is 1. The normalized spacial score (nSPS) is 14.3. The average molecular weight is 752 g/mol. The summed E-state index contributed by atoms with van der Waals surface area (Å²) >= 11 is 0. The van der Waals surface area contributed by atoms with E-state index in [0.29, 0.717) is 0 Å². The number of aromatic nitrogens is 1. The molecule has 0 saturated carbocycles. The fraction of sp³-hybridized carbons (Fsp3) is 0.0179. The molecule has 12 rings (SSSR count). The third kappa shape index (κ3) is 5.40. The number of fused-ring (bicyclic) bond motifs is 11. The van der Waals surface area contributed by atoms with Gasteiger partial charge in [-0.3, -0.25) is 0 Å². The van der Waals surface area contributed by atoms with E-state index in [1.807, 2.05) is 0 Å². The van der Waals surface area contributed by atoms with Gasteiger partial charge in [0.15, 0.2) is 0 Å². The van der Waals surface area contributed by atoms with Crippen LogP contribution in [0.2, 0.25) is 0 Å². The molecule has 0 amide bonds. The Kier molecular flexibility index (Phi) is 7.60. The predicted octanol–water partition coefficient (Wildman–Crippen LogP) is 14.2. The van der Waals surface area contributed by atoms with Crippen LogP contribution < -0.4 is 5.32 Å². The van der Waals surface area contributed by atoms with Crippen molar-refractivity contribution in [1.82, 2.24) is 9.72 Å². The zero-order valence-corrected chi connectivity index (χ0v) is 32.2. The van der Waals surface area contributed by atoms with E-state index in [2.05, 4.69) is 222 Å². The van der Waals surface area contributed by atoms with Gasteiger partial charge >= 0.3 is 0 Å². The third-order valence-corrected chi connectivity index (χ3v) is 12.2. The summed E-state index contributed by atoms with van der Waals surface area (Å²) in [4.78, 5) is 5.30. The SMILES string of the molecule is C1=C(c2ccccc2)N=C(c2cccc(-c3ccc4c(c3)c3ccccc3c3ccccc3c3cccc5c6ccccc6n4c35)c2)NC1c1cccc2ccccc12. The molecule has 11 aromatic rings. The van der Waals surface area contributed by atoms with E-state index in [1.54, 1.807) is 0 Å². The van der Waals surface area contributed by atoms with Gasteiger partial charge in [0.1, 0.15) is 5.84 Å².